The number of hydrogen-bond donors (Lipinski definition) is 1. The summed E-state index contributed by atoms with van der Waals surface area (Å²) in [6.07, 6.45) is 4.42. The first-order valence-corrected chi connectivity index (χ1v) is 10.1. The van der Waals surface area contributed by atoms with E-state index in [2.05, 4.69) is 4.98 Å². The number of benzene rings is 2. The van der Waals surface area contributed by atoms with Crippen LogP contribution >= 0.6 is 0 Å². The van der Waals surface area contributed by atoms with Gasteiger partial charge >= 0.3 is 0 Å². The van der Waals surface area contributed by atoms with Crippen molar-refractivity contribution >= 4 is 9.84 Å². The van der Waals surface area contributed by atoms with Crippen molar-refractivity contribution in [2.24, 2.45) is 5.73 Å². The Morgan fingerprint density at radius 3 is 2.65 bits per heavy atom. The van der Waals surface area contributed by atoms with E-state index < -0.39 is 9.84 Å². The molecule has 2 N–H and O–H groups in total. The number of halogens is 1. The molecule has 0 unspecified atom stereocenters. The van der Waals surface area contributed by atoms with Crippen LogP contribution in [0.2, 0.25) is 0 Å². The van der Waals surface area contributed by atoms with Crippen LogP contribution in [0.4, 0.5) is 4.39 Å². The molecule has 0 aliphatic rings. The molecule has 2 aromatic carbocycles. The van der Waals surface area contributed by atoms with Crippen molar-refractivity contribution < 1.29 is 12.8 Å². The van der Waals surface area contributed by atoms with Crippen LogP contribution in [0, 0.1) is 5.82 Å². The first kappa shape index (κ1) is 18.3. The van der Waals surface area contributed by atoms with E-state index in [1.165, 1.54) is 17.0 Å². The van der Waals surface area contributed by atoms with Crippen LogP contribution in [0.25, 0.3) is 16.8 Å². The van der Waals surface area contributed by atoms with Gasteiger partial charge in [0.1, 0.15) is 5.82 Å². The average Bonchev–Trinajstić information content (AvgIpc) is 3.11. The van der Waals surface area contributed by atoms with Crippen LogP contribution < -0.4 is 5.73 Å². The summed E-state index contributed by atoms with van der Waals surface area (Å²) in [6.45, 7) is 2.21. The number of rotatable bonds is 5. The Bertz CT molecular complexity index is 1060. The second-order valence-corrected chi connectivity index (χ2v) is 7.94. The molecule has 136 valence electrons. The lowest BCUT2D eigenvalue weighted by Gasteiger charge is -2.15. The van der Waals surface area contributed by atoms with Crippen molar-refractivity contribution in [3.8, 4) is 16.8 Å². The Kier molecular flexibility index (Phi) is 4.93. The maximum Gasteiger partial charge on any atom is 0.231 e. The van der Waals surface area contributed by atoms with E-state index in [0.717, 1.165) is 17.4 Å². The number of nitrogens with two attached hydrogens (primary N) is 1. The van der Waals surface area contributed by atoms with E-state index in [-0.39, 0.29) is 11.0 Å². The number of hydrogen-bond acceptors (Lipinski definition) is 4. The van der Waals surface area contributed by atoms with E-state index in [1.54, 1.807) is 12.1 Å². The minimum atomic E-state index is -3.53. The summed E-state index contributed by atoms with van der Waals surface area (Å²) in [7, 11) is -3.53. The van der Waals surface area contributed by atoms with Gasteiger partial charge in [-0.1, -0.05) is 25.1 Å². The van der Waals surface area contributed by atoms with Crippen molar-refractivity contribution in [3.63, 3.8) is 0 Å². The quantitative estimate of drug-likeness (QED) is 0.745. The van der Waals surface area contributed by atoms with Crippen LogP contribution in [-0.4, -0.2) is 24.2 Å². The van der Waals surface area contributed by atoms with Crippen LogP contribution in [0.5, 0.6) is 0 Å². The second kappa shape index (κ2) is 7.01. The van der Waals surface area contributed by atoms with Gasteiger partial charge in [-0.05, 0) is 35.7 Å². The molecule has 0 spiro atoms. The molecule has 1 aromatic heterocycles. The van der Waals surface area contributed by atoms with Crippen LogP contribution in [-0.2, 0) is 22.8 Å². The van der Waals surface area contributed by atoms with Gasteiger partial charge in [-0.15, -0.1) is 0 Å². The first-order chi connectivity index (χ1) is 12.4. The van der Waals surface area contributed by atoms with Crippen molar-refractivity contribution in [2.45, 2.75) is 25.0 Å². The zero-order valence-corrected chi connectivity index (χ0v) is 15.4. The normalized spacial score (nSPS) is 11.7. The average molecular weight is 373 g/mol. The number of imidazole rings is 1. The van der Waals surface area contributed by atoms with E-state index in [1.807, 2.05) is 31.2 Å². The minimum Gasteiger partial charge on any atom is -0.326 e. The third-order valence-electron chi connectivity index (χ3n) is 4.24. The van der Waals surface area contributed by atoms with Gasteiger partial charge < -0.3 is 5.73 Å². The molecule has 0 aliphatic carbocycles. The zero-order valence-electron chi connectivity index (χ0n) is 14.6. The number of nitrogens with zero attached hydrogens (tertiary/aromatic N) is 2. The standard InChI is InChI=1S/C19H20FN3O2S/c1-3-15-17(23-10-9-22-19(23)26(2,24)25)8-7-16(18(15)20)14-6-4-5-13(11-14)12-21/h4-11H,3,12,21H2,1-2H3. The molecule has 3 rings (SSSR count). The van der Waals surface area contributed by atoms with Gasteiger partial charge in [-0.3, -0.25) is 4.57 Å². The molecule has 3 aromatic rings. The van der Waals surface area contributed by atoms with Gasteiger partial charge in [0.25, 0.3) is 0 Å². The van der Waals surface area contributed by atoms with E-state index in [4.69, 9.17) is 5.73 Å². The van der Waals surface area contributed by atoms with Crippen LogP contribution in [0.15, 0.2) is 53.9 Å². The SMILES string of the molecule is CCc1c(-n2ccnc2S(C)(=O)=O)ccc(-c2cccc(CN)c2)c1F. The molecule has 7 heteroatoms. The largest absolute Gasteiger partial charge is 0.326 e. The molecule has 0 saturated heterocycles. The third-order valence-corrected chi connectivity index (χ3v) is 5.21. The summed E-state index contributed by atoms with van der Waals surface area (Å²) in [5.41, 5.74) is 8.69. The molecule has 0 amide bonds. The summed E-state index contributed by atoms with van der Waals surface area (Å²) >= 11 is 0. The highest BCUT2D eigenvalue weighted by molar-refractivity contribution is 7.90. The van der Waals surface area contributed by atoms with Crippen molar-refractivity contribution in [2.75, 3.05) is 6.26 Å². The summed E-state index contributed by atoms with van der Waals surface area (Å²) < 4.78 is 40.6. The van der Waals surface area contributed by atoms with Gasteiger partial charge in [0.2, 0.25) is 15.0 Å². The minimum absolute atomic E-state index is 0.107. The summed E-state index contributed by atoms with van der Waals surface area (Å²) in [4.78, 5) is 3.91. The zero-order chi connectivity index (χ0) is 18.9. The molecule has 0 fully saturated rings. The fourth-order valence-corrected chi connectivity index (χ4v) is 3.78. The van der Waals surface area contributed by atoms with Crippen molar-refractivity contribution in [1.29, 1.82) is 0 Å². The predicted molar refractivity (Wildman–Crippen MR) is 99.3 cm³/mol. The van der Waals surface area contributed by atoms with Gasteiger partial charge in [-0.25, -0.2) is 17.8 Å². The molecule has 1 heterocycles. The molecule has 0 aliphatic heterocycles. The predicted octanol–water partition coefficient (Wildman–Crippen LogP) is 3.10. The fourth-order valence-electron chi connectivity index (χ4n) is 3.01. The molecule has 0 bridgehead atoms. The van der Waals surface area contributed by atoms with Crippen molar-refractivity contribution in [1.82, 2.24) is 9.55 Å². The molecule has 0 saturated carbocycles. The lowest BCUT2D eigenvalue weighted by atomic mass is 9.98. The van der Waals surface area contributed by atoms with E-state index in [0.29, 0.717) is 29.8 Å². The van der Waals surface area contributed by atoms with E-state index in [9.17, 15) is 8.42 Å². The number of aromatic nitrogens is 2. The Labute approximate surface area is 152 Å². The molecule has 0 radical (unpaired) electrons. The molecule has 26 heavy (non-hydrogen) atoms. The highest BCUT2D eigenvalue weighted by Gasteiger charge is 2.20. The third kappa shape index (κ3) is 3.27. The summed E-state index contributed by atoms with van der Waals surface area (Å²) in [6, 6.07) is 10.8. The summed E-state index contributed by atoms with van der Waals surface area (Å²) in [5.74, 6) is -0.368. The Hall–Kier alpha value is -2.51. The topological polar surface area (TPSA) is 78.0 Å². The Balaban J connectivity index is 2.20. The molecular formula is C19H20FN3O2S. The highest BCUT2D eigenvalue weighted by Crippen LogP contribution is 2.31. The monoisotopic (exact) mass is 373 g/mol. The van der Waals surface area contributed by atoms with Crippen LogP contribution in [0.3, 0.4) is 0 Å². The fraction of sp³-hybridized carbons (Fsp3) is 0.211. The van der Waals surface area contributed by atoms with Crippen LogP contribution in [0.1, 0.15) is 18.1 Å². The Morgan fingerprint density at radius 1 is 1.23 bits per heavy atom. The first-order valence-electron chi connectivity index (χ1n) is 8.21. The van der Waals surface area contributed by atoms with E-state index >= 15 is 4.39 Å². The maximum atomic E-state index is 15.3. The smallest absolute Gasteiger partial charge is 0.231 e. The second-order valence-electron chi connectivity index (χ2n) is 6.03. The van der Waals surface area contributed by atoms with Gasteiger partial charge in [0.15, 0.2) is 0 Å². The van der Waals surface area contributed by atoms with Gasteiger partial charge in [-0.2, -0.15) is 0 Å². The Morgan fingerprint density at radius 2 is 2.00 bits per heavy atom. The summed E-state index contributed by atoms with van der Waals surface area (Å²) in [5, 5.41) is -0.107. The number of sulfone groups is 1. The highest BCUT2D eigenvalue weighted by atomic mass is 32.2. The van der Waals surface area contributed by atoms with Crippen molar-refractivity contribution in [3.05, 3.63) is 65.7 Å². The molecule has 0 atom stereocenters. The molecular weight excluding hydrogens is 353 g/mol. The van der Waals surface area contributed by atoms with Gasteiger partial charge in [0, 0.05) is 36.3 Å². The maximum absolute atomic E-state index is 15.3. The lowest BCUT2D eigenvalue weighted by Crippen LogP contribution is -2.10. The molecule has 5 nitrogen and oxygen atoms in total. The lowest BCUT2D eigenvalue weighted by molar-refractivity contribution is 0.588. The van der Waals surface area contributed by atoms with Gasteiger partial charge in [0.05, 0.1) is 5.69 Å².